The molecule has 0 fully saturated rings. The van der Waals surface area contributed by atoms with Crippen molar-refractivity contribution in [1.29, 1.82) is 0 Å². The van der Waals surface area contributed by atoms with Crippen LogP contribution in [-0.4, -0.2) is 65.4 Å². The minimum atomic E-state index is -1.56. The molecular formula is C24H38N6O6. The minimum absolute atomic E-state index is 0.0380. The molecule has 0 aliphatic rings. The van der Waals surface area contributed by atoms with Crippen LogP contribution >= 0.6 is 0 Å². The van der Waals surface area contributed by atoms with Crippen molar-refractivity contribution >= 4 is 29.6 Å². The van der Waals surface area contributed by atoms with Gasteiger partial charge in [-0.2, -0.15) is 0 Å². The number of nitrogens with one attached hydrogen (secondary N) is 3. The van der Waals surface area contributed by atoms with E-state index in [0.29, 0.717) is 24.9 Å². The van der Waals surface area contributed by atoms with Crippen LogP contribution < -0.4 is 33.2 Å². The third kappa shape index (κ3) is 10.8. The highest BCUT2D eigenvalue weighted by atomic mass is 16.4. The lowest BCUT2D eigenvalue weighted by atomic mass is 10.0. The lowest BCUT2D eigenvalue weighted by Gasteiger charge is -2.26. The number of carbonyl (C=O) groups is 5. The molecular weight excluding hydrogens is 468 g/mol. The largest absolute Gasteiger partial charge is 0.480 e. The van der Waals surface area contributed by atoms with Crippen LogP contribution in [0.2, 0.25) is 0 Å². The van der Waals surface area contributed by atoms with Gasteiger partial charge in [-0.3, -0.25) is 19.2 Å². The third-order valence-electron chi connectivity index (χ3n) is 5.54. The average molecular weight is 507 g/mol. The highest BCUT2D eigenvalue weighted by Gasteiger charge is 2.31. The summed E-state index contributed by atoms with van der Waals surface area (Å²) in [5.74, 6) is -4.46. The predicted octanol–water partition coefficient (Wildman–Crippen LogP) is -1.24. The topological polar surface area (TPSA) is 220 Å². The van der Waals surface area contributed by atoms with E-state index in [4.69, 9.17) is 17.2 Å². The number of unbranched alkanes of at least 4 members (excludes halogenated alkanes) is 1. The fraction of sp³-hybridized carbons (Fsp3) is 0.542. The number of hydrogen-bond donors (Lipinski definition) is 7. The summed E-state index contributed by atoms with van der Waals surface area (Å²) in [6.07, 6.45) is 0.852. The maximum absolute atomic E-state index is 13.2. The molecule has 0 heterocycles. The van der Waals surface area contributed by atoms with Gasteiger partial charge < -0.3 is 38.3 Å². The Hall–Kier alpha value is -3.51. The molecule has 0 spiro atoms. The molecule has 4 amide bonds. The van der Waals surface area contributed by atoms with Crippen LogP contribution in [0.15, 0.2) is 30.3 Å². The monoisotopic (exact) mass is 506 g/mol. The first-order valence-electron chi connectivity index (χ1n) is 11.9. The zero-order valence-corrected chi connectivity index (χ0v) is 20.7. The molecule has 10 N–H and O–H groups in total. The van der Waals surface area contributed by atoms with Gasteiger partial charge in [0.05, 0.1) is 12.5 Å². The van der Waals surface area contributed by atoms with Crippen molar-refractivity contribution in [3.05, 3.63) is 35.9 Å². The zero-order valence-electron chi connectivity index (χ0n) is 20.7. The summed E-state index contributed by atoms with van der Waals surface area (Å²) in [5.41, 5.74) is 17.3. The fourth-order valence-electron chi connectivity index (χ4n) is 3.34. The van der Waals surface area contributed by atoms with Gasteiger partial charge in [-0.25, -0.2) is 4.79 Å². The molecule has 4 unspecified atom stereocenters. The molecule has 0 radical (unpaired) electrons. The van der Waals surface area contributed by atoms with E-state index in [9.17, 15) is 29.1 Å². The van der Waals surface area contributed by atoms with Crippen LogP contribution in [0.5, 0.6) is 0 Å². The van der Waals surface area contributed by atoms with Gasteiger partial charge in [0.25, 0.3) is 0 Å². The number of primary amides is 1. The molecule has 200 valence electrons. The Morgan fingerprint density at radius 2 is 1.42 bits per heavy atom. The van der Waals surface area contributed by atoms with Crippen molar-refractivity contribution in [3.8, 4) is 0 Å². The summed E-state index contributed by atoms with van der Waals surface area (Å²) >= 11 is 0. The highest BCUT2D eigenvalue weighted by Crippen LogP contribution is 2.08. The quantitative estimate of drug-likeness (QED) is 0.134. The first-order valence-corrected chi connectivity index (χ1v) is 11.9. The second-order valence-electron chi connectivity index (χ2n) is 8.94. The van der Waals surface area contributed by atoms with Gasteiger partial charge >= 0.3 is 5.97 Å². The molecule has 12 nitrogen and oxygen atoms in total. The molecule has 4 atom stereocenters. The van der Waals surface area contributed by atoms with Crippen LogP contribution in [0.25, 0.3) is 0 Å². The minimum Gasteiger partial charge on any atom is -0.480 e. The van der Waals surface area contributed by atoms with Gasteiger partial charge in [-0.1, -0.05) is 44.2 Å². The summed E-state index contributed by atoms with van der Waals surface area (Å²) in [4.78, 5) is 61.5. The molecule has 1 aromatic rings. The number of nitrogens with two attached hydrogens (primary N) is 3. The number of carboxylic acids is 1. The number of rotatable bonds is 16. The maximum atomic E-state index is 13.2. The Balaban J connectivity index is 3.13. The van der Waals surface area contributed by atoms with E-state index >= 15 is 0 Å². The number of carboxylic acid groups (broad SMARTS) is 1. The Bertz CT molecular complexity index is 894. The lowest BCUT2D eigenvalue weighted by Crippen LogP contribution is -2.58. The molecule has 0 aromatic heterocycles. The molecule has 0 saturated carbocycles. The average Bonchev–Trinajstić information content (AvgIpc) is 2.82. The first-order chi connectivity index (χ1) is 17.0. The number of hydrogen-bond acceptors (Lipinski definition) is 7. The molecule has 1 rings (SSSR count). The van der Waals surface area contributed by atoms with E-state index in [2.05, 4.69) is 16.0 Å². The Morgan fingerprint density at radius 3 is 1.94 bits per heavy atom. The third-order valence-corrected chi connectivity index (χ3v) is 5.54. The normalized spacial score (nSPS) is 14.2. The summed E-state index contributed by atoms with van der Waals surface area (Å²) in [6.45, 7) is 3.96. The fourth-order valence-corrected chi connectivity index (χ4v) is 3.34. The van der Waals surface area contributed by atoms with Gasteiger partial charge in [0.2, 0.25) is 23.6 Å². The SMILES string of the molecule is CC(C)C(N)C(=O)NC(CCCCN)C(=O)NC(Cc1ccccc1)C(=O)NC(CC(N)=O)C(=O)O. The zero-order chi connectivity index (χ0) is 27.3. The molecule has 36 heavy (non-hydrogen) atoms. The van der Waals surface area contributed by atoms with E-state index in [1.54, 1.807) is 44.2 Å². The second-order valence-corrected chi connectivity index (χ2v) is 8.94. The Morgan fingerprint density at radius 1 is 0.861 bits per heavy atom. The smallest absolute Gasteiger partial charge is 0.326 e. The molecule has 0 saturated heterocycles. The molecule has 0 bridgehead atoms. The van der Waals surface area contributed by atoms with Gasteiger partial charge in [0.15, 0.2) is 0 Å². The van der Waals surface area contributed by atoms with Gasteiger partial charge in [-0.05, 0) is 37.3 Å². The summed E-state index contributed by atoms with van der Waals surface area (Å²) in [7, 11) is 0. The van der Waals surface area contributed by atoms with Crippen molar-refractivity contribution in [3.63, 3.8) is 0 Å². The number of benzene rings is 1. The van der Waals surface area contributed by atoms with Crippen LogP contribution in [0.3, 0.4) is 0 Å². The summed E-state index contributed by atoms with van der Waals surface area (Å²) < 4.78 is 0. The first kappa shape index (κ1) is 30.5. The van der Waals surface area contributed by atoms with E-state index in [1.807, 2.05) is 0 Å². The Kier molecular flexibility index (Phi) is 13.1. The van der Waals surface area contributed by atoms with Gasteiger partial charge in [0, 0.05) is 6.42 Å². The van der Waals surface area contributed by atoms with Crippen LogP contribution in [0.1, 0.15) is 45.1 Å². The predicted molar refractivity (Wildman–Crippen MR) is 133 cm³/mol. The van der Waals surface area contributed by atoms with Crippen molar-refractivity contribution in [2.45, 2.75) is 70.1 Å². The standard InChI is InChI=1S/C24H38N6O6/c1-14(2)20(27)23(34)28-16(10-6-7-11-25)21(32)29-17(12-15-8-4-3-5-9-15)22(33)30-18(24(35)36)13-19(26)31/h3-5,8-9,14,16-18,20H,6-7,10-13,25,27H2,1-2H3,(H2,26,31)(H,28,34)(H,29,32)(H,30,33)(H,35,36). The maximum Gasteiger partial charge on any atom is 0.326 e. The summed E-state index contributed by atoms with van der Waals surface area (Å²) in [5, 5.41) is 16.9. The lowest BCUT2D eigenvalue weighted by molar-refractivity contribution is -0.143. The van der Waals surface area contributed by atoms with E-state index in [0.717, 1.165) is 0 Å². The van der Waals surface area contributed by atoms with Crippen LogP contribution in [0, 0.1) is 5.92 Å². The van der Waals surface area contributed by atoms with Crippen molar-refractivity contribution in [2.75, 3.05) is 6.54 Å². The van der Waals surface area contributed by atoms with E-state index in [1.165, 1.54) is 0 Å². The summed E-state index contributed by atoms with van der Waals surface area (Å²) in [6, 6.07) is 4.20. The molecule has 12 heteroatoms. The van der Waals surface area contributed by atoms with E-state index < -0.39 is 60.2 Å². The number of amides is 4. The van der Waals surface area contributed by atoms with Gasteiger partial charge in [0.1, 0.15) is 18.1 Å². The highest BCUT2D eigenvalue weighted by molar-refractivity contribution is 5.95. The van der Waals surface area contributed by atoms with Crippen LogP contribution in [0.4, 0.5) is 0 Å². The van der Waals surface area contributed by atoms with E-state index in [-0.39, 0.29) is 18.8 Å². The van der Waals surface area contributed by atoms with Crippen molar-refractivity contribution < 1.29 is 29.1 Å². The molecule has 1 aromatic carbocycles. The number of aliphatic carboxylic acids is 1. The van der Waals surface area contributed by atoms with Crippen molar-refractivity contribution in [2.24, 2.45) is 23.1 Å². The van der Waals surface area contributed by atoms with Crippen LogP contribution in [-0.2, 0) is 30.4 Å². The second kappa shape index (κ2) is 15.5. The Labute approximate surface area is 210 Å². The molecule has 0 aliphatic carbocycles. The number of carbonyl (C=O) groups excluding carboxylic acids is 4. The molecule has 0 aliphatic heterocycles. The van der Waals surface area contributed by atoms with Gasteiger partial charge in [-0.15, -0.1) is 0 Å². The van der Waals surface area contributed by atoms with Crippen molar-refractivity contribution in [1.82, 2.24) is 16.0 Å².